The molecular formula is C13H14F3N3O3S. The average Bonchev–Trinajstić information content (AvgIpc) is 2.97. The standard InChI is InChI=1S/C13H14F3N3O3S/c1-3-9-6-4-5-7-10(9)23(20,21)19-8(2)11-17-12(18-22-11)13(14,15)16/h4-8,19H,3H2,1-2H3. The minimum absolute atomic E-state index is 0.0601. The predicted molar refractivity (Wildman–Crippen MR) is 73.9 cm³/mol. The Morgan fingerprint density at radius 3 is 2.52 bits per heavy atom. The lowest BCUT2D eigenvalue weighted by atomic mass is 10.2. The Morgan fingerprint density at radius 1 is 1.30 bits per heavy atom. The van der Waals surface area contributed by atoms with Crippen molar-refractivity contribution >= 4 is 10.0 Å². The summed E-state index contributed by atoms with van der Waals surface area (Å²) in [6, 6.07) is 5.24. The lowest BCUT2D eigenvalue weighted by molar-refractivity contribution is -0.146. The van der Waals surface area contributed by atoms with Crippen molar-refractivity contribution < 1.29 is 26.1 Å². The molecule has 0 saturated heterocycles. The molecule has 6 nitrogen and oxygen atoms in total. The fourth-order valence-corrected chi connectivity index (χ4v) is 3.44. The van der Waals surface area contributed by atoms with Crippen LogP contribution in [0.3, 0.4) is 0 Å². The number of hydrogen-bond donors (Lipinski definition) is 1. The maximum absolute atomic E-state index is 12.4. The number of nitrogens with one attached hydrogen (secondary N) is 1. The molecule has 1 aromatic carbocycles. The zero-order valence-electron chi connectivity index (χ0n) is 12.3. The number of benzene rings is 1. The van der Waals surface area contributed by atoms with E-state index < -0.39 is 34.0 Å². The largest absolute Gasteiger partial charge is 0.455 e. The van der Waals surface area contributed by atoms with Crippen molar-refractivity contribution in [2.75, 3.05) is 0 Å². The number of sulfonamides is 1. The molecule has 0 saturated carbocycles. The maximum Gasteiger partial charge on any atom is 0.455 e. The van der Waals surface area contributed by atoms with Crippen LogP contribution < -0.4 is 4.72 Å². The maximum atomic E-state index is 12.4. The highest BCUT2D eigenvalue weighted by molar-refractivity contribution is 7.89. The Kier molecular flexibility index (Phi) is 4.76. The summed E-state index contributed by atoms with van der Waals surface area (Å²) in [5.41, 5.74) is 0.591. The van der Waals surface area contributed by atoms with Gasteiger partial charge >= 0.3 is 6.18 Å². The molecule has 1 N–H and O–H groups in total. The van der Waals surface area contributed by atoms with Gasteiger partial charge in [0.1, 0.15) is 0 Å². The zero-order valence-corrected chi connectivity index (χ0v) is 13.1. The van der Waals surface area contributed by atoms with Gasteiger partial charge in [0.15, 0.2) is 0 Å². The Labute approximate surface area is 130 Å². The lowest BCUT2D eigenvalue weighted by Gasteiger charge is -2.13. The van der Waals surface area contributed by atoms with Gasteiger partial charge in [0, 0.05) is 0 Å². The smallest absolute Gasteiger partial charge is 0.337 e. The van der Waals surface area contributed by atoms with Gasteiger partial charge in [-0.3, -0.25) is 0 Å². The number of hydrogen-bond acceptors (Lipinski definition) is 5. The molecule has 10 heteroatoms. The van der Waals surface area contributed by atoms with Crippen molar-refractivity contribution in [3.63, 3.8) is 0 Å². The number of nitrogens with zero attached hydrogens (tertiary/aromatic N) is 2. The molecule has 23 heavy (non-hydrogen) atoms. The van der Waals surface area contributed by atoms with E-state index >= 15 is 0 Å². The molecule has 126 valence electrons. The summed E-state index contributed by atoms with van der Waals surface area (Å²) in [7, 11) is -3.94. The van der Waals surface area contributed by atoms with E-state index in [0.29, 0.717) is 12.0 Å². The van der Waals surface area contributed by atoms with E-state index in [9.17, 15) is 21.6 Å². The first-order valence-corrected chi connectivity index (χ1v) is 8.14. The topological polar surface area (TPSA) is 85.1 Å². The molecule has 1 atom stereocenters. The summed E-state index contributed by atoms with van der Waals surface area (Å²) < 4.78 is 68.8. The predicted octanol–water partition coefficient (Wildman–Crippen LogP) is 2.69. The lowest BCUT2D eigenvalue weighted by Crippen LogP contribution is -2.28. The number of halogens is 3. The van der Waals surface area contributed by atoms with Crippen LogP contribution in [0.25, 0.3) is 0 Å². The summed E-state index contributed by atoms with van der Waals surface area (Å²) >= 11 is 0. The van der Waals surface area contributed by atoms with Crippen molar-refractivity contribution in [3.8, 4) is 0 Å². The van der Waals surface area contributed by atoms with Crippen LogP contribution >= 0.6 is 0 Å². The second-order valence-corrected chi connectivity index (χ2v) is 6.44. The van der Waals surface area contributed by atoms with E-state index in [0.717, 1.165) is 0 Å². The SMILES string of the molecule is CCc1ccccc1S(=O)(=O)NC(C)c1nc(C(F)(F)F)no1. The second-order valence-electron chi connectivity index (χ2n) is 4.76. The van der Waals surface area contributed by atoms with Gasteiger partial charge in [0.05, 0.1) is 10.9 Å². The molecule has 0 aliphatic heterocycles. The summed E-state index contributed by atoms with van der Waals surface area (Å²) in [5, 5.41) is 2.80. The third-order valence-electron chi connectivity index (χ3n) is 3.04. The van der Waals surface area contributed by atoms with Gasteiger partial charge < -0.3 is 4.52 Å². The summed E-state index contributed by atoms with van der Waals surface area (Å²) in [6.45, 7) is 3.12. The third-order valence-corrected chi connectivity index (χ3v) is 4.68. The molecule has 0 bridgehead atoms. The van der Waals surface area contributed by atoms with Crippen LogP contribution in [0.5, 0.6) is 0 Å². The van der Waals surface area contributed by atoms with Crippen LogP contribution in [-0.4, -0.2) is 18.6 Å². The Morgan fingerprint density at radius 2 is 1.96 bits per heavy atom. The van der Waals surface area contributed by atoms with Crippen molar-refractivity contribution in [3.05, 3.63) is 41.5 Å². The van der Waals surface area contributed by atoms with E-state index in [1.165, 1.54) is 13.0 Å². The minimum Gasteiger partial charge on any atom is -0.337 e. The molecular weight excluding hydrogens is 335 g/mol. The first kappa shape index (κ1) is 17.4. The monoisotopic (exact) mass is 349 g/mol. The molecule has 1 aromatic heterocycles. The van der Waals surface area contributed by atoms with Gasteiger partial charge in [-0.2, -0.15) is 22.9 Å². The Bertz CT molecular complexity index is 787. The molecule has 0 aliphatic rings. The van der Waals surface area contributed by atoms with Gasteiger partial charge in [-0.15, -0.1) is 0 Å². The van der Waals surface area contributed by atoms with Crippen LogP contribution in [0.4, 0.5) is 13.2 Å². The molecule has 0 aliphatic carbocycles. The summed E-state index contributed by atoms with van der Waals surface area (Å²) in [4.78, 5) is 3.23. The average molecular weight is 349 g/mol. The van der Waals surface area contributed by atoms with Gasteiger partial charge in [-0.25, -0.2) is 8.42 Å². The molecule has 2 rings (SSSR count). The molecule has 1 heterocycles. The fraction of sp³-hybridized carbons (Fsp3) is 0.385. The molecule has 0 spiro atoms. The highest BCUT2D eigenvalue weighted by Crippen LogP contribution is 2.27. The van der Waals surface area contributed by atoms with Crippen molar-refractivity contribution in [1.29, 1.82) is 0 Å². The van der Waals surface area contributed by atoms with E-state index in [1.807, 2.05) is 0 Å². The highest BCUT2D eigenvalue weighted by atomic mass is 32.2. The Balaban J connectivity index is 2.25. The van der Waals surface area contributed by atoms with Gasteiger partial charge in [-0.1, -0.05) is 30.3 Å². The van der Waals surface area contributed by atoms with Crippen LogP contribution in [0, 0.1) is 0 Å². The van der Waals surface area contributed by atoms with E-state index in [4.69, 9.17) is 0 Å². The summed E-state index contributed by atoms with van der Waals surface area (Å²) in [5.74, 6) is -1.91. The normalized spacial score (nSPS) is 14.0. The van der Waals surface area contributed by atoms with Crippen LogP contribution in [0.2, 0.25) is 0 Å². The minimum atomic E-state index is -4.75. The Hall–Kier alpha value is -1.94. The van der Waals surface area contributed by atoms with Crippen LogP contribution in [0.1, 0.15) is 37.2 Å². The number of aromatic nitrogens is 2. The van der Waals surface area contributed by atoms with Crippen LogP contribution in [0.15, 0.2) is 33.7 Å². The van der Waals surface area contributed by atoms with Gasteiger partial charge in [0.25, 0.3) is 5.82 Å². The van der Waals surface area contributed by atoms with Crippen LogP contribution in [-0.2, 0) is 22.6 Å². The van der Waals surface area contributed by atoms with Crippen molar-refractivity contribution in [2.45, 2.75) is 37.4 Å². The molecule has 1 unspecified atom stereocenters. The molecule has 2 aromatic rings. The first-order valence-electron chi connectivity index (χ1n) is 6.66. The number of aryl methyl sites for hydroxylation is 1. The van der Waals surface area contributed by atoms with Gasteiger partial charge in [-0.05, 0) is 25.0 Å². The van der Waals surface area contributed by atoms with E-state index in [1.54, 1.807) is 25.1 Å². The van der Waals surface area contributed by atoms with E-state index in [2.05, 4.69) is 19.4 Å². The van der Waals surface area contributed by atoms with Crippen molar-refractivity contribution in [1.82, 2.24) is 14.9 Å². The first-order chi connectivity index (χ1) is 10.6. The highest BCUT2D eigenvalue weighted by Gasteiger charge is 2.38. The molecule has 0 radical (unpaired) electrons. The quantitative estimate of drug-likeness (QED) is 0.897. The second kappa shape index (κ2) is 6.28. The fourth-order valence-electron chi connectivity index (χ4n) is 1.93. The molecule has 0 fully saturated rings. The van der Waals surface area contributed by atoms with Crippen molar-refractivity contribution in [2.24, 2.45) is 0 Å². The number of alkyl halides is 3. The third kappa shape index (κ3) is 3.88. The van der Waals surface area contributed by atoms with E-state index in [-0.39, 0.29) is 4.90 Å². The molecule has 0 amide bonds. The zero-order chi connectivity index (χ0) is 17.3. The number of rotatable bonds is 5. The van der Waals surface area contributed by atoms with Gasteiger partial charge in [0.2, 0.25) is 15.9 Å². The summed E-state index contributed by atoms with van der Waals surface area (Å²) in [6.07, 6.45) is -4.26.